The quantitative estimate of drug-likeness (QED) is 0.373. The van der Waals surface area contributed by atoms with Crippen molar-refractivity contribution in [1.29, 1.82) is 0 Å². The smallest absolute Gasteiger partial charge is 0.255 e. The molecule has 0 aliphatic rings. The zero-order chi connectivity index (χ0) is 23.6. The Balaban J connectivity index is 1.53. The number of furan rings is 1. The van der Waals surface area contributed by atoms with Crippen LogP contribution in [0.15, 0.2) is 59.1 Å². The summed E-state index contributed by atoms with van der Waals surface area (Å²) in [6, 6.07) is 13.5. The molecule has 170 valence electrons. The highest BCUT2D eigenvalue weighted by Gasteiger charge is 2.17. The summed E-state index contributed by atoms with van der Waals surface area (Å²) in [4.78, 5) is 20.6. The van der Waals surface area contributed by atoms with Gasteiger partial charge >= 0.3 is 0 Å². The Morgan fingerprint density at radius 1 is 1.09 bits per heavy atom. The molecule has 3 N–H and O–H groups in total. The first kappa shape index (κ1) is 22.1. The molecule has 2 heterocycles. The Morgan fingerprint density at radius 3 is 2.64 bits per heavy atom. The van der Waals surface area contributed by atoms with Crippen molar-refractivity contribution in [3.05, 3.63) is 66.1 Å². The third kappa shape index (κ3) is 5.21. The number of sulfonamides is 1. The van der Waals surface area contributed by atoms with Gasteiger partial charge in [-0.3, -0.25) is 9.52 Å². The van der Waals surface area contributed by atoms with Gasteiger partial charge in [0.05, 0.1) is 17.5 Å². The van der Waals surface area contributed by atoms with E-state index in [2.05, 4.69) is 25.3 Å². The van der Waals surface area contributed by atoms with Crippen molar-refractivity contribution >= 4 is 44.2 Å². The summed E-state index contributed by atoms with van der Waals surface area (Å²) >= 11 is 0. The molecule has 0 fully saturated rings. The number of benzene rings is 2. The van der Waals surface area contributed by atoms with Gasteiger partial charge in [-0.15, -0.1) is 0 Å². The van der Waals surface area contributed by atoms with Crippen LogP contribution in [0, 0.1) is 6.92 Å². The summed E-state index contributed by atoms with van der Waals surface area (Å²) in [6.45, 7) is 1.73. The van der Waals surface area contributed by atoms with E-state index in [4.69, 9.17) is 9.15 Å². The second-order valence-electron chi connectivity index (χ2n) is 7.17. The van der Waals surface area contributed by atoms with Crippen LogP contribution < -0.4 is 20.1 Å². The van der Waals surface area contributed by atoms with Crippen molar-refractivity contribution in [3.63, 3.8) is 0 Å². The van der Waals surface area contributed by atoms with E-state index in [1.165, 1.54) is 6.20 Å². The van der Waals surface area contributed by atoms with Gasteiger partial charge in [0.2, 0.25) is 21.9 Å². The maximum absolute atomic E-state index is 12.1. The molecule has 0 atom stereocenters. The Kier molecular flexibility index (Phi) is 5.88. The van der Waals surface area contributed by atoms with Crippen LogP contribution in [-0.4, -0.2) is 37.6 Å². The number of rotatable bonds is 7. The summed E-state index contributed by atoms with van der Waals surface area (Å²) in [7, 11) is -1.82. The molecule has 2 aromatic heterocycles. The Hall–Kier alpha value is -4.12. The molecule has 0 radical (unpaired) electrons. The molecule has 0 saturated heterocycles. The van der Waals surface area contributed by atoms with Crippen LogP contribution in [0.25, 0.3) is 11.0 Å². The van der Waals surface area contributed by atoms with Crippen molar-refractivity contribution in [2.24, 2.45) is 0 Å². The first-order valence-electron chi connectivity index (χ1n) is 9.83. The average molecular weight is 468 g/mol. The minimum Gasteiger partial charge on any atom is -0.460 e. The number of anilines is 3. The van der Waals surface area contributed by atoms with E-state index in [-0.39, 0.29) is 17.7 Å². The van der Waals surface area contributed by atoms with Crippen molar-refractivity contribution in [2.75, 3.05) is 23.3 Å². The fraction of sp³-hybridized carbons (Fsp3) is 0.136. The standard InChI is InChI=1S/C22H21N5O5S/c1-13-20(21(28)23-2)17-8-7-16(12-18(17)31-13)32-19-9-10-24-22(26-19)25-14-5-4-6-15(11-14)27-33(3,29)30/h4-12,27H,1-3H3,(H,23,28)(H,24,25,26). The monoisotopic (exact) mass is 467 g/mol. The average Bonchev–Trinajstić information content (AvgIpc) is 3.07. The number of fused-ring (bicyclic) bond motifs is 1. The van der Waals surface area contributed by atoms with Crippen LogP contribution in [0.2, 0.25) is 0 Å². The summed E-state index contributed by atoms with van der Waals surface area (Å²) in [5, 5.41) is 6.31. The Labute approximate surface area is 190 Å². The maximum atomic E-state index is 12.1. The SMILES string of the molecule is CNC(=O)c1c(C)oc2cc(Oc3ccnc(Nc4cccc(NS(C)(=O)=O)c4)n3)ccc12. The maximum Gasteiger partial charge on any atom is 0.255 e. The molecule has 0 spiro atoms. The van der Waals surface area contributed by atoms with Gasteiger partial charge in [-0.2, -0.15) is 4.98 Å². The van der Waals surface area contributed by atoms with Gasteiger partial charge in [0.15, 0.2) is 0 Å². The first-order chi connectivity index (χ1) is 15.7. The second-order valence-corrected chi connectivity index (χ2v) is 8.92. The van der Waals surface area contributed by atoms with E-state index in [0.29, 0.717) is 39.4 Å². The van der Waals surface area contributed by atoms with Crippen LogP contribution in [0.5, 0.6) is 11.6 Å². The van der Waals surface area contributed by atoms with Crippen molar-refractivity contribution in [2.45, 2.75) is 6.92 Å². The van der Waals surface area contributed by atoms with Gasteiger partial charge < -0.3 is 19.8 Å². The lowest BCUT2D eigenvalue weighted by atomic mass is 10.1. The number of carbonyl (C=O) groups excluding carboxylic acids is 1. The number of nitrogens with zero attached hydrogens (tertiary/aromatic N) is 2. The van der Waals surface area contributed by atoms with Gasteiger partial charge in [0, 0.05) is 36.5 Å². The van der Waals surface area contributed by atoms with Crippen molar-refractivity contribution in [3.8, 4) is 11.6 Å². The van der Waals surface area contributed by atoms with E-state index >= 15 is 0 Å². The van der Waals surface area contributed by atoms with Crippen LogP contribution in [0.1, 0.15) is 16.1 Å². The summed E-state index contributed by atoms with van der Waals surface area (Å²) in [5.74, 6) is 1.32. The molecule has 0 saturated carbocycles. The number of hydrogen-bond acceptors (Lipinski definition) is 8. The van der Waals surface area contributed by atoms with Gasteiger partial charge in [0.1, 0.15) is 17.1 Å². The van der Waals surface area contributed by atoms with E-state index < -0.39 is 10.0 Å². The summed E-state index contributed by atoms with van der Waals surface area (Å²) in [5.41, 5.74) is 2.01. The highest BCUT2D eigenvalue weighted by atomic mass is 32.2. The number of aromatic nitrogens is 2. The van der Waals surface area contributed by atoms with Crippen LogP contribution in [0.4, 0.5) is 17.3 Å². The first-order valence-corrected chi connectivity index (χ1v) is 11.7. The molecule has 4 aromatic rings. The predicted molar refractivity (Wildman–Crippen MR) is 125 cm³/mol. The molecular weight excluding hydrogens is 446 g/mol. The number of ether oxygens (including phenoxy) is 1. The molecule has 0 aliphatic heterocycles. The highest BCUT2D eigenvalue weighted by molar-refractivity contribution is 7.92. The fourth-order valence-corrected chi connectivity index (χ4v) is 3.81. The Morgan fingerprint density at radius 2 is 1.88 bits per heavy atom. The molecule has 11 heteroatoms. The minimum absolute atomic E-state index is 0.220. The molecule has 0 aliphatic carbocycles. The third-order valence-corrected chi connectivity index (χ3v) is 5.17. The predicted octanol–water partition coefficient (Wildman–Crippen LogP) is 3.80. The van der Waals surface area contributed by atoms with Gasteiger partial charge in [-0.1, -0.05) is 6.07 Å². The zero-order valence-electron chi connectivity index (χ0n) is 18.0. The number of hydrogen-bond donors (Lipinski definition) is 3. The number of aryl methyl sites for hydroxylation is 1. The van der Waals surface area contributed by atoms with Gasteiger partial charge in [0.25, 0.3) is 5.91 Å². The minimum atomic E-state index is -3.39. The normalized spacial score (nSPS) is 11.2. The number of nitrogens with one attached hydrogen (secondary N) is 3. The molecule has 1 amide bonds. The van der Waals surface area contributed by atoms with E-state index in [9.17, 15) is 13.2 Å². The molecule has 33 heavy (non-hydrogen) atoms. The van der Waals surface area contributed by atoms with Crippen LogP contribution in [-0.2, 0) is 10.0 Å². The molecule has 4 rings (SSSR count). The van der Waals surface area contributed by atoms with E-state index in [0.717, 1.165) is 6.26 Å². The van der Waals surface area contributed by atoms with E-state index in [1.807, 2.05) is 0 Å². The van der Waals surface area contributed by atoms with Crippen LogP contribution in [0.3, 0.4) is 0 Å². The topological polar surface area (TPSA) is 135 Å². The van der Waals surface area contributed by atoms with Gasteiger partial charge in [-0.05, 0) is 37.3 Å². The molecule has 0 unspecified atom stereocenters. The third-order valence-electron chi connectivity index (χ3n) is 4.57. The van der Waals surface area contributed by atoms with Crippen molar-refractivity contribution < 1.29 is 22.4 Å². The van der Waals surface area contributed by atoms with Gasteiger partial charge in [-0.25, -0.2) is 13.4 Å². The number of amides is 1. The summed E-state index contributed by atoms with van der Waals surface area (Å²) in [6.07, 6.45) is 2.61. The van der Waals surface area contributed by atoms with Crippen molar-refractivity contribution in [1.82, 2.24) is 15.3 Å². The lowest BCUT2D eigenvalue weighted by molar-refractivity contribution is 0.0963. The molecule has 0 bridgehead atoms. The highest BCUT2D eigenvalue weighted by Crippen LogP contribution is 2.31. The second kappa shape index (κ2) is 8.79. The van der Waals surface area contributed by atoms with E-state index in [1.54, 1.807) is 62.5 Å². The lowest BCUT2D eigenvalue weighted by Crippen LogP contribution is -2.18. The zero-order valence-corrected chi connectivity index (χ0v) is 18.9. The lowest BCUT2D eigenvalue weighted by Gasteiger charge is -2.09. The molecular formula is C22H21N5O5S. The fourth-order valence-electron chi connectivity index (χ4n) is 3.25. The van der Waals surface area contributed by atoms with Crippen LogP contribution >= 0.6 is 0 Å². The Bertz CT molecular complexity index is 1450. The molecule has 10 nitrogen and oxygen atoms in total. The largest absolute Gasteiger partial charge is 0.460 e. The summed E-state index contributed by atoms with van der Waals surface area (Å²) < 4.78 is 36.9. The molecule has 2 aromatic carbocycles. The number of carbonyl (C=O) groups is 1.